The van der Waals surface area contributed by atoms with Gasteiger partial charge in [-0.3, -0.25) is 4.79 Å². The number of hydrogen-bond donors (Lipinski definition) is 3. The molecule has 1 amide bonds. The Morgan fingerprint density at radius 1 is 0.968 bits per heavy atom. The number of carbonyl (C=O) groups excluding carboxylic acids is 1. The molecule has 0 bridgehead atoms. The van der Waals surface area contributed by atoms with Gasteiger partial charge in [0.1, 0.15) is 11.4 Å². The van der Waals surface area contributed by atoms with Gasteiger partial charge in [-0.2, -0.15) is 0 Å². The molecule has 1 aliphatic rings. The Bertz CT molecular complexity index is 1250. The highest BCUT2D eigenvalue weighted by molar-refractivity contribution is 5.99. The fourth-order valence-corrected chi connectivity index (χ4v) is 4.53. The Kier molecular flexibility index (Phi) is 4.73. The highest BCUT2D eigenvalue weighted by Gasteiger charge is 2.26. The van der Waals surface area contributed by atoms with Gasteiger partial charge in [0.05, 0.1) is 27.4 Å². The van der Waals surface area contributed by atoms with Crippen LogP contribution in [0.2, 0.25) is 0 Å². The molecule has 7 nitrogen and oxygen atoms in total. The molecule has 0 fully saturated rings. The number of hydrogen-bond acceptors (Lipinski definition) is 4. The van der Waals surface area contributed by atoms with Crippen molar-refractivity contribution in [3.05, 3.63) is 53.3 Å². The lowest BCUT2D eigenvalue weighted by molar-refractivity contribution is 0.0927. The smallest absolute Gasteiger partial charge is 0.268 e. The second kappa shape index (κ2) is 7.58. The molecule has 0 saturated carbocycles. The number of benzene rings is 2. The van der Waals surface area contributed by atoms with Gasteiger partial charge in [0, 0.05) is 33.6 Å². The minimum atomic E-state index is -0.136. The Balaban J connectivity index is 1.45. The molecule has 160 valence electrons. The lowest BCUT2D eigenvalue weighted by Crippen LogP contribution is -2.31. The molecule has 0 radical (unpaired) electrons. The van der Waals surface area contributed by atoms with E-state index in [1.165, 1.54) is 5.56 Å². The van der Waals surface area contributed by atoms with Crippen molar-refractivity contribution in [3.8, 4) is 17.2 Å². The van der Waals surface area contributed by atoms with Crippen LogP contribution in [0.15, 0.2) is 36.4 Å². The molecule has 0 spiro atoms. The van der Waals surface area contributed by atoms with Crippen LogP contribution >= 0.6 is 0 Å². The Morgan fingerprint density at radius 2 is 1.77 bits per heavy atom. The summed E-state index contributed by atoms with van der Waals surface area (Å²) in [6.07, 6.45) is 2.90. The van der Waals surface area contributed by atoms with Crippen molar-refractivity contribution in [3.63, 3.8) is 0 Å². The van der Waals surface area contributed by atoms with Crippen LogP contribution in [0.25, 0.3) is 21.8 Å². The first-order chi connectivity index (χ1) is 15.1. The molecule has 0 unspecified atom stereocenters. The van der Waals surface area contributed by atoms with Crippen LogP contribution in [0.1, 0.15) is 40.6 Å². The summed E-state index contributed by atoms with van der Waals surface area (Å²) >= 11 is 0. The maximum atomic E-state index is 13.1. The number of aromatic nitrogens is 2. The Morgan fingerprint density at radius 3 is 2.55 bits per heavy atom. The molecule has 0 saturated heterocycles. The third kappa shape index (κ3) is 3.26. The monoisotopic (exact) mass is 419 g/mol. The first kappa shape index (κ1) is 19.4. The lowest BCUT2D eigenvalue weighted by Gasteiger charge is -2.23. The fraction of sp³-hybridized carbons (Fsp3) is 0.292. The molecule has 1 aliphatic carbocycles. The zero-order chi connectivity index (χ0) is 21.5. The van der Waals surface area contributed by atoms with Crippen LogP contribution in [-0.2, 0) is 6.42 Å². The van der Waals surface area contributed by atoms with Crippen molar-refractivity contribution >= 4 is 27.7 Å². The van der Waals surface area contributed by atoms with E-state index in [1.807, 2.05) is 30.3 Å². The van der Waals surface area contributed by atoms with Crippen LogP contribution in [0, 0.1) is 0 Å². The van der Waals surface area contributed by atoms with Gasteiger partial charge in [0.25, 0.3) is 5.91 Å². The predicted molar refractivity (Wildman–Crippen MR) is 119 cm³/mol. The number of aryl methyl sites for hydroxylation is 1. The largest absolute Gasteiger partial charge is 0.497 e. The number of aromatic amines is 2. The highest BCUT2D eigenvalue weighted by atomic mass is 16.5. The molecule has 0 aliphatic heterocycles. The van der Waals surface area contributed by atoms with E-state index in [-0.39, 0.29) is 11.9 Å². The number of methoxy groups -OCH3 is 3. The van der Waals surface area contributed by atoms with E-state index < -0.39 is 0 Å². The van der Waals surface area contributed by atoms with Gasteiger partial charge >= 0.3 is 0 Å². The number of fused-ring (bicyclic) bond motifs is 4. The highest BCUT2D eigenvalue weighted by Crippen LogP contribution is 2.37. The Labute approximate surface area is 179 Å². The van der Waals surface area contributed by atoms with Crippen molar-refractivity contribution in [2.75, 3.05) is 21.3 Å². The summed E-state index contributed by atoms with van der Waals surface area (Å²) in [5.41, 5.74) is 4.75. The average molecular weight is 419 g/mol. The van der Waals surface area contributed by atoms with Crippen LogP contribution < -0.4 is 19.5 Å². The zero-order valence-electron chi connectivity index (χ0n) is 17.8. The van der Waals surface area contributed by atoms with E-state index in [9.17, 15) is 4.79 Å². The number of nitrogens with one attached hydrogen (secondary N) is 3. The standard InChI is InChI=1S/C24H25N3O4/c1-29-14-7-8-17-16(11-14)15-5-4-6-18(23(15)26-17)27-24(28)20-9-13-10-21(30-2)22(31-3)12-19(13)25-20/h7-12,18,25-26H,4-6H2,1-3H3,(H,27,28)/t18-/m0/s1. The lowest BCUT2D eigenvalue weighted by atomic mass is 9.91. The summed E-state index contributed by atoms with van der Waals surface area (Å²) < 4.78 is 16.1. The van der Waals surface area contributed by atoms with Gasteiger partial charge in [-0.25, -0.2) is 0 Å². The minimum absolute atomic E-state index is 0.0647. The molecular weight excluding hydrogens is 394 g/mol. The zero-order valence-corrected chi connectivity index (χ0v) is 17.8. The molecule has 4 aromatic rings. The summed E-state index contributed by atoms with van der Waals surface area (Å²) in [4.78, 5) is 19.8. The van der Waals surface area contributed by atoms with Crippen molar-refractivity contribution < 1.29 is 19.0 Å². The predicted octanol–water partition coefficient (Wildman–Crippen LogP) is 4.48. The van der Waals surface area contributed by atoms with Crippen LogP contribution in [0.5, 0.6) is 17.2 Å². The van der Waals surface area contributed by atoms with Crippen LogP contribution in [-0.4, -0.2) is 37.2 Å². The SMILES string of the molecule is COc1ccc2[nH]c3c(c2c1)CCC[C@@H]3NC(=O)c1cc2cc(OC)c(OC)cc2[nH]1. The van der Waals surface area contributed by atoms with E-state index in [0.29, 0.717) is 17.2 Å². The summed E-state index contributed by atoms with van der Waals surface area (Å²) in [7, 11) is 4.87. The number of rotatable bonds is 5. The number of H-pyrrole nitrogens is 2. The van der Waals surface area contributed by atoms with Gasteiger partial charge in [-0.15, -0.1) is 0 Å². The topological polar surface area (TPSA) is 88.4 Å². The third-order valence-corrected chi connectivity index (χ3v) is 6.09. The van der Waals surface area contributed by atoms with Crippen LogP contribution in [0.4, 0.5) is 0 Å². The molecule has 2 aromatic heterocycles. The quantitative estimate of drug-likeness (QED) is 0.445. The first-order valence-corrected chi connectivity index (χ1v) is 10.4. The number of amides is 1. The van der Waals surface area contributed by atoms with E-state index in [4.69, 9.17) is 14.2 Å². The van der Waals surface area contributed by atoms with Gasteiger partial charge in [0.15, 0.2) is 11.5 Å². The van der Waals surface area contributed by atoms with E-state index in [2.05, 4.69) is 21.4 Å². The minimum Gasteiger partial charge on any atom is -0.497 e. The van der Waals surface area contributed by atoms with Crippen molar-refractivity contribution in [1.29, 1.82) is 0 Å². The maximum Gasteiger partial charge on any atom is 0.268 e. The van der Waals surface area contributed by atoms with Gasteiger partial charge in [-0.05, 0) is 55.2 Å². The number of ether oxygens (including phenoxy) is 3. The second-order valence-corrected chi connectivity index (χ2v) is 7.82. The van der Waals surface area contributed by atoms with E-state index >= 15 is 0 Å². The molecule has 2 aromatic carbocycles. The second-order valence-electron chi connectivity index (χ2n) is 7.82. The van der Waals surface area contributed by atoms with Crippen molar-refractivity contribution in [1.82, 2.24) is 15.3 Å². The summed E-state index contributed by atoms with van der Waals surface area (Å²) in [6.45, 7) is 0. The number of carbonyl (C=O) groups is 1. The summed E-state index contributed by atoms with van der Waals surface area (Å²) in [5.74, 6) is 1.95. The van der Waals surface area contributed by atoms with Gasteiger partial charge < -0.3 is 29.5 Å². The molecule has 2 heterocycles. The molecule has 1 atom stereocenters. The van der Waals surface area contributed by atoms with Crippen molar-refractivity contribution in [2.45, 2.75) is 25.3 Å². The normalized spacial score (nSPS) is 15.6. The average Bonchev–Trinajstić information content (AvgIpc) is 3.39. The molecule has 3 N–H and O–H groups in total. The molecule has 7 heteroatoms. The summed E-state index contributed by atoms with van der Waals surface area (Å²) in [6, 6.07) is 11.5. The van der Waals surface area contributed by atoms with Gasteiger partial charge in [-0.1, -0.05) is 0 Å². The first-order valence-electron chi connectivity index (χ1n) is 10.4. The maximum absolute atomic E-state index is 13.1. The van der Waals surface area contributed by atoms with E-state index in [0.717, 1.165) is 52.5 Å². The van der Waals surface area contributed by atoms with Crippen molar-refractivity contribution in [2.24, 2.45) is 0 Å². The van der Waals surface area contributed by atoms with Crippen LogP contribution in [0.3, 0.4) is 0 Å². The fourth-order valence-electron chi connectivity index (χ4n) is 4.53. The third-order valence-electron chi connectivity index (χ3n) is 6.09. The molecule has 31 heavy (non-hydrogen) atoms. The molecular formula is C24H25N3O4. The van der Waals surface area contributed by atoms with E-state index in [1.54, 1.807) is 21.3 Å². The Hall–Kier alpha value is -3.61. The summed E-state index contributed by atoms with van der Waals surface area (Å²) in [5, 5.41) is 5.26. The van der Waals surface area contributed by atoms with Gasteiger partial charge in [0.2, 0.25) is 0 Å². The molecule has 5 rings (SSSR count).